The van der Waals surface area contributed by atoms with Gasteiger partial charge >= 0.3 is 0 Å². The van der Waals surface area contributed by atoms with Gasteiger partial charge in [0, 0.05) is 50.7 Å². The van der Waals surface area contributed by atoms with E-state index in [9.17, 15) is 9.59 Å². The molecule has 132 valence electrons. The third-order valence-corrected chi connectivity index (χ3v) is 4.37. The number of benzene rings is 1. The lowest BCUT2D eigenvalue weighted by Crippen LogP contribution is -2.51. The highest BCUT2D eigenvalue weighted by Crippen LogP contribution is 2.03. The second-order valence-corrected chi connectivity index (χ2v) is 6.04. The lowest BCUT2D eigenvalue weighted by Gasteiger charge is -2.34. The van der Waals surface area contributed by atoms with Gasteiger partial charge in [0.05, 0.1) is 13.1 Å². The Hall–Kier alpha value is -2.67. The van der Waals surface area contributed by atoms with Crippen LogP contribution >= 0.6 is 0 Å². The molecular formula is C18H23N5O2. The van der Waals surface area contributed by atoms with Crippen LogP contribution in [0.1, 0.15) is 10.4 Å². The van der Waals surface area contributed by atoms with E-state index in [4.69, 9.17) is 0 Å². The highest BCUT2D eigenvalue weighted by Gasteiger charge is 2.21. The predicted octanol–water partition coefficient (Wildman–Crippen LogP) is 0.457. The zero-order valence-corrected chi connectivity index (χ0v) is 14.2. The lowest BCUT2D eigenvalue weighted by atomic mass is 10.2. The summed E-state index contributed by atoms with van der Waals surface area (Å²) in [7, 11) is 0. The molecule has 1 aliphatic rings. The molecule has 0 unspecified atom stereocenters. The Labute approximate surface area is 147 Å². The molecule has 25 heavy (non-hydrogen) atoms. The number of rotatable bonds is 6. The van der Waals surface area contributed by atoms with E-state index in [-0.39, 0.29) is 18.4 Å². The summed E-state index contributed by atoms with van der Waals surface area (Å²) in [6.07, 6.45) is 3.73. The molecule has 7 heteroatoms. The fourth-order valence-electron chi connectivity index (χ4n) is 2.86. The van der Waals surface area contributed by atoms with E-state index in [1.807, 2.05) is 27.9 Å². The Morgan fingerprint density at radius 2 is 1.76 bits per heavy atom. The molecule has 7 nitrogen and oxygen atoms in total. The molecule has 1 aromatic heterocycles. The minimum Gasteiger partial charge on any atom is -0.343 e. The van der Waals surface area contributed by atoms with Crippen LogP contribution in [0.4, 0.5) is 0 Å². The van der Waals surface area contributed by atoms with Crippen LogP contribution in [0.25, 0.3) is 0 Å². The van der Waals surface area contributed by atoms with E-state index in [1.54, 1.807) is 30.5 Å². The summed E-state index contributed by atoms with van der Waals surface area (Å²) in [5, 5.41) is 6.89. The van der Waals surface area contributed by atoms with Crippen molar-refractivity contribution in [1.29, 1.82) is 0 Å². The maximum atomic E-state index is 12.3. The number of aromatic nitrogens is 2. The van der Waals surface area contributed by atoms with Gasteiger partial charge in [-0.25, -0.2) is 0 Å². The summed E-state index contributed by atoms with van der Waals surface area (Å²) in [5.41, 5.74) is 0.568. The Morgan fingerprint density at radius 3 is 2.44 bits per heavy atom. The van der Waals surface area contributed by atoms with E-state index < -0.39 is 0 Å². The number of hydrogen-bond donors (Lipinski definition) is 1. The number of carbonyl (C=O) groups is 2. The van der Waals surface area contributed by atoms with Gasteiger partial charge < -0.3 is 10.2 Å². The number of piperazine rings is 1. The van der Waals surface area contributed by atoms with Gasteiger partial charge in [-0.3, -0.25) is 19.2 Å². The van der Waals surface area contributed by atoms with Crippen molar-refractivity contribution in [2.45, 2.75) is 6.54 Å². The quantitative estimate of drug-likeness (QED) is 0.829. The Balaban J connectivity index is 1.37. The summed E-state index contributed by atoms with van der Waals surface area (Å²) < 4.78 is 1.91. The first kappa shape index (κ1) is 17.2. The first-order valence-corrected chi connectivity index (χ1v) is 8.53. The van der Waals surface area contributed by atoms with Crippen LogP contribution < -0.4 is 5.32 Å². The number of carbonyl (C=O) groups excluding carboxylic acids is 2. The average Bonchev–Trinajstić information content (AvgIpc) is 3.19. The van der Waals surface area contributed by atoms with Crippen molar-refractivity contribution in [1.82, 2.24) is 24.9 Å². The zero-order chi connectivity index (χ0) is 17.5. The van der Waals surface area contributed by atoms with Gasteiger partial charge in [-0.1, -0.05) is 18.2 Å². The molecule has 0 spiro atoms. The molecule has 0 bridgehead atoms. The van der Waals surface area contributed by atoms with Crippen LogP contribution in [0.15, 0.2) is 48.8 Å². The minimum atomic E-state index is -0.216. The normalized spacial score (nSPS) is 15.1. The molecule has 1 aliphatic heterocycles. The number of nitrogens with one attached hydrogen (secondary N) is 1. The number of nitrogens with zero attached hydrogens (tertiary/aromatic N) is 4. The largest absolute Gasteiger partial charge is 0.343 e. The highest BCUT2D eigenvalue weighted by atomic mass is 16.2. The first-order chi connectivity index (χ1) is 12.2. The van der Waals surface area contributed by atoms with Crippen LogP contribution in [0, 0.1) is 0 Å². The molecule has 2 heterocycles. The molecule has 1 saturated heterocycles. The first-order valence-electron chi connectivity index (χ1n) is 8.53. The summed E-state index contributed by atoms with van der Waals surface area (Å²) in [4.78, 5) is 28.4. The van der Waals surface area contributed by atoms with Crippen LogP contribution in [-0.4, -0.2) is 70.7 Å². The molecule has 2 amide bonds. The van der Waals surface area contributed by atoms with Crippen LogP contribution in [-0.2, 0) is 11.3 Å². The summed E-state index contributed by atoms with van der Waals surface area (Å²) in [6, 6.07) is 10.9. The highest BCUT2D eigenvalue weighted by molar-refractivity contribution is 5.96. The topological polar surface area (TPSA) is 70.5 Å². The molecule has 1 aromatic carbocycles. The van der Waals surface area contributed by atoms with E-state index >= 15 is 0 Å². The molecular weight excluding hydrogens is 318 g/mol. The van der Waals surface area contributed by atoms with Crippen LogP contribution in [0.3, 0.4) is 0 Å². The van der Waals surface area contributed by atoms with Crippen molar-refractivity contribution in [2.75, 3.05) is 39.3 Å². The summed E-state index contributed by atoms with van der Waals surface area (Å²) in [6.45, 7) is 4.90. The van der Waals surface area contributed by atoms with Crippen LogP contribution in [0.5, 0.6) is 0 Å². The fourth-order valence-corrected chi connectivity index (χ4v) is 2.86. The smallest absolute Gasteiger partial charge is 0.251 e. The third-order valence-electron chi connectivity index (χ3n) is 4.37. The van der Waals surface area contributed by atoms with E-state index in [0.717, 1.165) is 26.2 Å². The minimum absolute atomic E-state index is 0.0315. The maximum absolute atomic E-state index is 12.3. The van der Waals surface area contributed by atoms with Gasteiger partial charge in [-0.15, -0.1) is 0 Å². The second kappa shape index (κ2) is 8.43. The van der Waals surface area contributed by atoms with Gasteiger partial charge in [0.15, 0.2) is 0 Å². The molecule has 1 N–H and O–H groups in total. The Bertz CT molecular complexity index is 679. The fraction of sp³-hybridized carbons (Fsp3) is 0.389. The average molecular weight is 341 g/mol. The molecule has 0 atom stereocenters. The van der Waals surface area contributed by atoms with E-state index in [2.05, 4.69) is 15.3 Å². The number of hydrogen-bond acceptors (Lipinski definition) is 4. The van der Waals surface area contributed by atoms with Crippen molar-refractivity contribution in [2.24, 2.45) is 0 Å². The zero-order valence-electron chi connectivity index (χ0n) is 14.2. The third kappa shape index (κ3) is 4.90. The molecule has 2 aromatic rings. The van der Waals surface area contributed by atoms with Gasteiger partial charge in [0.1, 0.15) is 0 Å². The van der Waals surface area contributed by atoms with Gasteiger partial charge in [-0.05, 0) is 18.2 Å². The van der Waals surface area contributed by atoms with Crippen molar-refractivity contribution >= 4 is 11.8 Å². The van der Waals surface area contributed by atoms with E-state index in [1.165, 1.54) is 0 Å². The standard InChI is InChI=1S/C18H23N5O2/c24-17(15-19-18(25)16-5-2-1-3-6-16)22-12-9-21(10-13-22)11-14-23-8-4-7-20-23/h1-8H,9-15H2,(H,19,25). The van der Waals surface area contributed by atoms with E-state index in [0.29, 0.717) is 18.7 Å². The summed E-state index contributed by atoms with van der Waals surface area (Å²) >= 11 is 0. The molecule has 3 rings (SSSR count). The second-order valence-electron chi connectivity index (χ2n) is 6.04. The molecule has 0 saturated carbocycles. The Morgan fingerprint density at radius 1 is 1.00 bits per heavy atom. The van der Waals surface area contributed by atoms with Crippen LogP contribution in [0.2, 0.25) is 0 Å². The van der Waals surface area contributed by atoms with Crippen molar-refractivity contribution in [3.63, 3.8) is 0 Å². The predicted molar refractivity (Wildman–Crippen MR) is 94.0 cm³/mol. The van der Waals surface area contributed by atoms with Gasteiger partial charge in [0.25, 0.3) is 5.91 Å². The lowest BCUT2D eigenvalue weighted by molar-refractivity contribution is -0.131. The molecule has 0 radical (unpaired) electrons. The number of amides is 2. The van der Waals surface area contributed by atoms with Gasteiger partial charge in [-0.2, -0.15) is 5.10 Å². The van der Waals surface area contributed by atoms with Gasteiger partial charge in [0.2, 0.25) is 5.91 Å². The SMILES string of the molecule is O=C(NCC(=O)N1CCN(CCn2cccn2)CC1)c1ccccc1. The molecule has 0 aliphatic carbocycles. The van der Waals surface area contributed by atoms with Crippen molar-refractivity contribution in [3.05, 3.63) is 54.4 Å². The monoisotopic (exact) mass is 341 g/mol. The van der Waals surface area contributed by atoms with Crippen molar-refractivity contribution in [3.8, 4) is 0 Å². The summed E-state index contributed by atoms with van der Waals surface area (Å²) in [5.74, 6) is -0.247. The maximum Gasteiger partial charge on any atom is 0.251 e. The van der Waals surface area contributed by atoms with Crippen molar-refractivity contribution < 1.29 is 9.59 Å². The molecule has 1 fully saturated rings. The Kier molecular flexibility index (Phi) is 5.79.